The molecule has 4 atom stereocenters. The van der Waals surface area contributed by atoms with E-state index in [0.717, 1.165) is 4.74 Å². The molecule has 0 amide bonds. The van der Waals surface area contributed by atoms with Crippen LogP contribution < -0.4 is 0 Å². The number of hydroxylamine groups is 1. The van der Waals surface area contributed by atoms with E-state index in [1.165, 1.54) is 12.8 Å². The summed E-state index contributed by atoms with van der Waals surface area (Å²) < 4.78 is 6.93. The molecule has 0 N–H and O–H groups in total. The molecule has 0 spiro atoms. The van der Waals surface area contributed by atoms with E-state index in [4.69, 9.17) is 4.74 Å². The molecule has 3 aliphatic rings. The summed E-state index contributed by atoms with van der Waals surface area (Å²) in [7, 11) is 0. The zero-order valence-electron chi connectivity index (χ0n) is 9.91. The first-order valence-corrected chi connectivity index (χ1v) is 5.86. The van der Waals surface area contributed by atoms with Crippen molar-refractivity contribution in [2.75, 3.05) is 0 Å². The van der Waals surface area contributed by atoms with Gasteiger partial charge >= 0.3 is 5.90 Å². The van der Waals surface area contributed by atoms with Gasteiger partial charge in [0.05, 0.1) is 6.92 Å². The van der Waals surface area contributed by atoms with Crippen molar-refractivity contribution in [1.82, 2.24) is 0 Å². The van der Waals surface area contributed by atoms with Crippen molar-refractivity contribution < 1.29 is 9.48 Å². The van der Waals surface area contributed by atoms with Crippen LogP contribution in [0, 0.1) is 22.0 Å². The van der Waals surface area contributed by atoms with Gasteiger partial charge in [0, 0.05) is 11.3 Å². The molecular formula is C12H19NO2. The predicted octanol–water partition coefficient (Wildman–Crippen LogP) is 2.14. The summed E-state index contributed by atoms with van der Waals surface area (Å²) >= 11 is 0. The Morgan fingerprint density at radius 1 is 1.40 bits per heavy atom. The normalized spacial score (nSPS) is 50.8. The van der Waals surface area contributed by atoms with Crippen molar-refractivity contribution >= 4 is 5.90 Å². The molecule has 0 saturated heterocycles. The third-order valence-corrected chi connectivity index (χ3v) is 5.60. The van der Waals surface area contributed by atoms with Crippen LogP contribution in [0.2, 0.25) is 0 Å². The largest absolute Gasteiger partial charge is 0.621 e. The number of hydrogen-bond acceptors (Lipinski definition) is 2. The number of rotatable bonds is 0. The summed E-state index contributed by atoms with van der Waals surface area (Å²) in [6, 6.07) is 0.0822. The second kappa shape index (κ2) is 2.33. The van der Waals surface area contributed by atoms with Gasteiger partial charge < -0.3 is 9.94 Å². The number of ether oxygens (including phenoxy) is 1. The highest BCUT2D eigenvalue weighted by molar-refractivity contribution is 5.69. The standard InChI is InChI=1S/C12H19NO2/c1-7-13(14)9-8-5-6-12(4,10(9)15-7)11(8,2)3/h8-10H,5-6H2,1-4H3/t8-,9-,10-,12+/m1/s1. The van der Waals surface area contributed by atoms with Gasteiger partial charge in [-0.05, 0) is 18.3 Å². The zero-order chi connectivity index (χ0) is 11.0. The van der Waals surface area contributed by atoms with Crippen LogP contribution >= 0.6 is 0 Å². The fourth-order valence-corrected chi connectivity index (χ4v) is 4.19. The topological polar surface area (TPSA) is 35.3 Å². The summed E-state index contributed by atoms with van der Waals surface area (Å²) in [5, 5.41) is 12.0. The summed E-state index contributed by atoms with van der Waals surface area (Å²) in [6.45, 7) is 8.69. The fraction of sp³-hybridized carbons (Fsp3) is 0.917. The molecule has 1 aliphatic heterocycles. The van der Waals surface area contributed by atoms with Gasteiger partial charge in [0.1, 0.15) is 0 Å². The Bertz CT molecular complexity index is 361. The Morgan fingerprint density at radius 2 is 2.07 bits per heavy atom. The summed E-state index contributed by atoms with van der Waals surface area (Å²) in [5.74, 6) is 1.07. The lowest BCUT2D eigenvalue weighted by Crippen LogP contribution is -2.40. The van der Waals surface area contributed by atoms with Crippen molar-refractivity contribution in [3.8, 4) is 0 Å². The molecule has 15 heavy (non-hydrogen) atoms. The van der Waals surface area contributed by atoms with Gasteiger partial charge in [0.25, 0.3) is 0 Å². The van der Waals surface area contributed by atoms with Gasteiger partial charge in [0.2, 0.25) is 6.04 Å². The van der Waals surface area contributed by atoms with E-state index in [9.17, 15) is 5.21 Å². The molecule has 0 radical (unpaired) electrons. The first-order chi connectivity index (χ1) is 6.89. The minimum Gasteiger partial charge on any atom is -0.621 e. The molecule has 2 aliphatic carbocycles. The molecule has 3 rings (SSSR count). The smallest absolute Gasteiger partial charge is 0.345 e. The monoisotopic (exact) mass is 209 g/mol. The molecule has 84 valence electrons. The molecule has 1 heterocycles. The van der Waals surface area contributed by atoms with Crippen LogP contribution in [0.15, 0.2) is 0 Å². The highest BCUT2D eigenvalue weighted by atomic mass is 16.6. The molecule has 2 fully saturated rings. The van der Waals surface area contributed by atoms with E-state index in [0.29, 0.717) is 11.8 Å². The third-order valence-electron chi connectivity index (χ3n) is 5.60. The summed E-state index contributed by atoms with van der Waals surface area (Å²) in [5.41, 5.74) is 0.425. The average molecular weight is 209 g/mol. The zero-order valence-corrected chi connectivity index (χ0v) is 9.91. The van der Waals surface area contributed by atoms with Crippen LogP contribution in [0.3, 0.4) is 0 Å². The van der Waals surface area contributed by atoms with Crippen molar-refractivity contribution in [3.63, 3.8) is 0 Å². The van der Waals surface area contributed by atoms with E-state index >= 15 is 0 Å². The highest BCUT2D eigenvalue weighted by Gasteiger charge is 2.73. The number of fused-ring (bicyclic) bond motifs is 5. The predicted molar refractivity (Wildman–Crippen MR) is 57.6 cm³/mol. The van der Waals surface area contributed by atoms with E-state index in [2.05, 4.69) is 20.8 Å². The van der Waals surface area contributed by atoms with Crippen molar-refractivity contribution in [2.24, 2.45) is 16.7 Å². The van der Waals surface area contributed by atoms with Crippen LogP contribution in [-0.4, -0.2) is 22.8 Å². The number of hydrogen-bond donors (Lipinski definition) is 0. The molecule has 2 saturated carbocycles. The van der Waals surface area contributed by atoms with Gasteiger partial charge in [-0.2, -0.15) is 4.74 Å². The van der Waals surface area contributed by atoms with E-state index < -0.39 is 0 Å². The Balaban J connectivity index is 2.10. The van der Waals surface area contributed by atoms with Gasteiger partial charge in [-0.25, -0.2) is 0 Å². The number of nitrogens with zero attached hydrogens (tertiary/aromatic N) is 1. The van der Waals surface area contributed by atoms with Crippen molar-refractivity contribution in [3.05, 3.63) is 5.21 Å². The average Bonchev–Trinajstić information content (AvgIpc) is 2.61. The Morgan fingerprint density at radius 3 is 2.67 bits per heavy atom. The lowest BCUT2D eigenvalue weighted by molar-refractivity contribution is -0.504. The second-order valence-electron chi connectivity index (χ2n) is 6.16. The molecule has 0 aromatic heterocycles. The van der Waals surface area contributed by atoms with Gasteiger partial charge in [-0.15, -0.1) is 0 Å². The van der Waals surface area contributed by atoms with E-state index in [1.807, 2.05) is 0 Å². The van der Waals surface area contributed by atoms with E-state index in [-0.39, 0.29) is 23.0 Å². The SMILES string of the molecule is CC1=[N+]([O-])[C@@H]2[C@H]3CC[C@@](C)([C@@H]2O1)C3(C)C. The second-order valence-corrected chi connectivity index (χ2v) is 6.16. The summed E-state index contributed by atoms with van der Waals surface area (Å²) in [6.07, 6.45) is 2.51. The van der Waals surface area contributed by atoms with Crippen LogP contribution in [0.25, 0.3) is 0 Å². The first kappa shape index (κ1) is 9.49. The molecular weight excluding hydrogens is 190 g/mol. The van der Waals surface area contributed by atoms with E-state index in [1.54, 1.807) is 6.92 Å². The Labute approximate surface area is 90.7 Å². The lowest BCUT2D eigenvalue weighted by atomic mass is 9.70. The molecule has 2 bridgehead atoms. The van der Waals surface area contributed by atoms with Crippen LogP contribution in [-0.2, 0) is 4.74 Å². The maximum atomic E-state index is 12.0. The van der Waals surface area contributed by atoms with Crippen LogP contribution in [0.5, 0.6) is 0 Å². The van der Waals surface area contributed by atoms with Crippen molar-refractivity contribution in [1.29, 1.82) is 0 Å². The third kappa shape index (κ3) is 0.787. The van der Waals surface area contributed by atoms with Crippen LogP contribution in [0.1, 0.15) is 40.5 Å². The fourth-order valence-electron chi connectivity index (χ4n) is 4.19. The molecule has 3 heteroatoms. The quantitative estimate of drug-likeness (QED) is 0.452. The maximum absolute atomic E-state index is 12.0. The maximum Gasteiger partial charge on any atom is 0.345 e. The minimum atomic E-state index is 0.0822. The molecule has 3 nitrogen and oxygen atoms in total. The van der Waals surface area contributed by atoms with Gasteiger partial charge in [-0.3, -0.25) is 0 Å². The summed E-state index contributed by atoms with van der Waals surface area (Å²) in [4.78, 5) is 0. The van der Waals surface area contributed by atoms with Crippen molar-refractivity contribution in [2.45, 2.75) is 52.7 Å². The molecule has 0 aromatic carbocycles. The van der Waals surface area contributed by atoms with Gasteiger partial charge in [0.15, 0.2) is 6.10 Å². The Hall–Kier alpha value is -0.730. The van der Waals surface area contributed by atoms with Gasteiger partial charge in [-0.1, -0.05) is 20.8 Å². The van der Waals surface area contributed by atoms with Crippen LogP contribution in [0.4, 0.5) is 0 Å². The lowest BCUT2D eigenvalue weighted by Gasteiger charge is -2.36. The minimum absolute atomic E-state index is 0.0822. The first-order valence-electron chi connectivity index (χ1n) is 5.86. The molecule has 0 unspecified atom stereocenters. The molecule has 0 aromatic rings. The Kier molecular flexibility index (Phi) is 1.48. The highest BCUT2D eigenvalue weighted by Crippen LogP contribution is 2.67.